The quantitative estimate of drug-likeness (QED) is 0.194. The van der Waals surface area contributed by atoms with Gasteiger partial charge in [0.1, 0.15) is 0 Å². The zero-order valence-electron chi connectivity index (χ0n) is 24.3. The Hall–Kier alpha value is -5.64. The van der Waals surface area contributed by atoms with Crippen molar-refractivity contribution in [2.24, 2.45) is 0 Å². The third-order valence-electron chi connectivity index (χ3n) is 9.30. The third-order valence-corrected chi connectivity index (χ3v) is 10.4. The third kappa shape index (κ3) is 3.56. The zero-order chi connectivity index (χ0) is 29.5. The van der Waals surface area contributed by atoms with Gasteiger partial charge in [-0.05, 0) is 77.9 Å². The second-order valence-corrected chi connectivity index (χ2v) is 12.8. The van der Waals surface area contributed by atoms with Crippen LogP contribution in [0.25, 0.3) is 86.3 Å². The first-order valence-corrected chi connectivity index (χ1v) is 16.2. The molecule has 0 aliphatic heterocycles. The van der Waals surface area contributed by atoms with Gasteiger partial charge < -0.3 is 9.13 Å². The Morgan fingerprint density at radius 2 is 0.889 bits per heavy atom. The fourth-order valence-electron chi connectivity index (χ4n) is 7.35. The Morgan fingerprint density at radius 3 is 1.62 bits per heavy atom. The van der Waals surface area contributed by atoms with E-state index in [0.717, 1.165) is 0 Å². The maximum Gasteiger partial charge on any atom is 0.0634 e. The summed E-state index contributed by atoms with van der Waals surface area (Å²) in [6, 6.07) is 57.6. The van der Waals surface area contributed by atoms with Crippen LogP contribution in [-0.2, 0) is 0 Å². The predicted octanol–water partition coefficient (Wildman–Crippen LogP) is 11.9. The van der Waals surface area contributed by atoms with Gasteiger partial charge in [-0.25, -0.2) is 0 Å². The molecule has 210 valence electrons. The van der Waals surface area contributed by atoms with Crippen LogP contribution in [0.3, 0.4) is 0 Å². The number of hydrogen-bond donors (Lipinski definition) is 0. The summed E-state index contributed by atoms with van der Waals surface area (Å²) in [6.07, 6.45) is 0. The Balaban J connectivity index is 1.25. The standard InChI is InChI=1S/C42H26N2S/c1-3-11-29(12-4-1)43-36-17-9-8-16-32(36)34-25-27(19-22-38(34)43)28-20-23-39-35(26-28)41-40(45-39)24-21-33-31-15-7-10-18-37(31)44(42(33)41)30-13-5-2-6-14-30/h1-26H. The van der Waals surface area contributed by atoms with Gasteiger partial charge in [0.05, 0.1) is 22.1 Å². The second-order valence-electron chi connectivity index (χ2n) is 11.8. The molecular formula is C42H26N2S. The molecule has 0 amide bonds. The van der Waals surface area contributed by atoms with Gasteiger partial charge in [-0.15, -0.1) is 11.3 Å². The van der Waals surface area contributed by atoms with Gasteiger partial charge in [-0.2, -0.15) is 0 Å². The molecular weight excluding hydrogens is 565 g/mol. The van der Waals surface area contributed by atoms with E-state index in [4.69, 9.17) is 0 Å². The van der Waals surface area contributed by atoms with Crippen molar-refractivity contribution < 1.29 is 0 Å². The Labute approximate surface area is 263 Å². The first-order valence-electron chi connectivity index (χ1n) is 15.4. The number of nitrogens with zero attached hydrogens (tertiary/aromatic N) is 2. The Morgan fingerprint density at radius 1 is 0.356 bits per heavy atom. The smallest absolute Gasteiger partial charge is 0.0634 e. The van der Waals surface area contributed by atoms with Gasteiger partial charge in [-0.1, -0.05) is 91.0 Å². The molecule has 2 nitrogen and oxygen atoms in total. The number of thiophene rings is 1. The summed E-state index contributed by atoms with van der Waals surface area (Å²) in [6.45, 7) is 0. The van der Waals surface area contributed by atoms with E-state index in [2.05, 4.69) is 167 Å². The van der Waals surface area contributed by atoms with Crippen LogP contribution in [0.15, 0.2) is 158 Å². The number of benzene rings is 7. The lowest BCUT2D eigenvalue weighted by atomic mass is 10.00. The fraction of sp³-hybridized carbons (Fsp3) is 0. The molecule has 0 unspecified atom stereocenters. The van der Waals surface area contributed by atoms with Crippen LogP contribution in [0.4, 0.5) is 0 Å². The van der Waals surface area contributed by atoms with Crippen molar-refractivity contribution in [3.05, 3.63) is 158 Å². The van der Waals surface area contributed by atoms with Gasteiger partial charge >= 0.3 is 0 Å². The van der Waals surface area contributed by atoms with E-state index in [-0.39, 0.29) is 0 Å². The summed E-state index contributed by atoms with van der Waals surface area (Å²) in [5.41, 5.74) is 9.81. The van der Waals surface area contributed by atoms with E-state index in [1.165, 1.54) is 86.3 Å². The summed E-state index contributed by atoms with van der Waals surface area (Å²) in [5, 5.41) is 7.76. The highest BCUT2D eigenvalue weighted by atomic mass is 32.1. The topological polar surface area (TPSA) is 9.86 Å². The van der Waals surface area contributed by atoms with Crippen molar-refractivity contribution in [3.63, 3.8) is 0 Å². The Kier molecular flexibility index (Phi) is 5.19. The molecule has 0 aliphatic rings. The fourth-order valence-corrected chi connectivity index (χ4v) is 8.44. The molecule has 3 aromatic heterocycles. The highest BCUT2D eigenvalue weighted by Crippen LogP contribution is 2.44. The molecule has 0 saturated carbocycles. The van der Waals surface area contributed by atoms with E-state index >= 15 is 0 Å². The number of aromatic nitrogens is 2. The molecule has 0 bridgehead atoms. The molecule has 0 radical (unpaired) electrons. The molecule has 0 N–H and O–H groups in total. The summed E-state index contributed by atoms with van der Waals surface area (Å²) in [5.74, 6) is 0. The number of para-hydroxylation sites is 4. The monoisotopic (exact) mass is 590 g/mol. The van der Waals surface area contributed by atoms with E-state index in [1.807, 2.05) is 11.3 Å². The average Bonchev–Trinajstić information content (AvgIpc) is 3.76. The molecule has 0 saturated heterocycles. The molecule has 0 atom stereocenters. The van der Waals surface area contributed by atoms with Crippen molar-refractivity contribution in [2.45, 2.75) is 0 Å². The minimum atomic E-state index is 1.18. The van der Waals surface area contributed by atoms with E-state index in [0.29, 0.717) is 0 Å². The number of fused-ring (bicyclic) bond motifs is 10. The lowest BCUT2D eigenvalue weighted by Crippen LogP contribution is -1.93. The van der Waals surface area contributed by atoms with Crippen molar-refractivity contribution in [3.8, 4) is 22.5 Å². The maximum absolute atomic E-state index is 2.45. The van der Waals surface area contributed by atoms with Crippen molar-refractivity contribution in [1.82, 2.24) is 9.13 Å². The minimum Gasteiger partial charge on any atom is -0.309 e. The zero-order valence-corrected chi connectivity index (χ0v) is 25.1. The highest BCUT2D eigenvalue weighted by molar-refractivity contribution is 7.26. The van der Waals surface area contributed by atoms with Crippen LogP contribution in [0, 0.1) is 0 Å². The normalized spacial score (nSPS) is 12.0. The van der Waals surface area contributed by atoms with Gasteiger partial charge in [0.25, 0.3) is 0 Å². The van der Waals surface area contributed by atoms with Crippen LogP contribution >= 0.6 is 11.3 Å². The largest absolute Gasteiger partial charge is 0.309 e. The van der Waals surface area contributed by atoms with Crippen LogP contribution in [0.1, 0.15) is 0 Å². The first-order chi connectivity index (χ1) is 22.3. The number of hydrogen-bond acceptors (Lipinski definition) is 1. The summed E-state index contributed by atoms with van der Waals surface area (Å²) in [7, 11) is 0. The molecule has 10 aromatic rings. The molecule has 7 aromatic carbocycles. The van der Waals surface area contributed by atoms with Crippen molar-refractivity contribution in [2.75, 3.05) is 0 Å². The molecule has 3 heterocycles. The van der Waals surface area contributed by atoms with Crippen LogP contribution in [-0.4, -0.2) is 9.13 Å². The van der Waals surface area contributed by atoms with E-state index in [9.17, 15) is 0 Å². The molecule has 0 aliphatic carbocycles. The SMILES string of the molecule is c1ccc(-n2c3ccccc3c3cc(-c4ccc5sc6ccc7c8ccccc8n(-c8ccccc8)c7c6c5c4)ccc32)cc1. The molecule has 45 heavy (non-hydrogen) atoms. The second kappa shape index (κ2) is 9.43. The molecule has 0 fully saturated rings. The van der Waals surface area contributed by atoms with Crippen molar-refractivity contribution >= 4 is 75.1 Å². The Bertz CT molecular complexity index is 2740. The molecule has 3 heteroatoms. The highest BCUT2D eigenvalue weighted by Gasteiger charge is 2.19. The van der Waals surface area contributed by atoms with Crippen LogP contribution in [0.2, 0.25) is 0 Å². The first kappa shape index (κ1) is 24.8. The summed E-state index contributed by atoms with van der Waals surface area (Å²) in [4.78, 5) is 0. The molecule has 0 spiro atoms. The minimum absolute atomic E-state index is 1.18. The van der Waals surface area contributed by atoms with Crippen molar-refractivity contribution in [1.29, 1.82) is 0 Å². The van der Waals surface area contributed by atoms with Crippen LogP contribution in [0.5, 0.6) is 0 Å². The molecule has 10 rings (SSSR count). The lowest BCUT2D eigenvalue weighted by molar-refractivity contribution is 1.18. The summed E-state index contributed by atoms with van der Waals surface area (Å²) >= 11 is 1.88. The lowest BCUT2D eigenvalue weighted by Gasteiger charge is -2.09. The van der Waals surface area contributed by atoms with Crippen LogP contribution < -0.4 is 0 Å². The number of rotatable bonds is 3. The van der Waals surface area contributed by atoms with E-state index in [1.54, 1.807) is 0 Å². The van der Waals surface area contributed by atoms with Gasteiger partial charge in [0.2, 0.25) is 0 Å². The predicted molar refractivity (Wildman–Crippen MR) is 193 cm³/mol. The van der Waals surface area contributed by atoms with E-state index < -0.39 is 0 Å². The summed E-state index contributed by atoms with van der Waals surface area (Å²) < 4.78 is 7.46. The van der Waals surface area contributed by atoms with Gasteiger partial charge in [0, 0.05) is 53.1 Å². The maximum atomic E-state index is 2.45. The van der Waals surface area contributed by atoms with Gasteiger partial charge in [-0.3, -0.25) is 0 Å². The average molecular weight is 591 g/mol. The van der Waals surface area contributed by atoms with Gasteiger partial charge in [0.15, 0.2) is 0 Å².